The first-order valence-electron chi connectivity index (χ1n) is 3.31. The third kappa shape index (κ3) is 4.58. The zero-order valence-electron chi connectivity index (χ0n) is 6.40. The summed E-state index contributed by atoms with van der Waals surface area (Å²) in [6, 6.07) is 0. The van der Waals surface area contributed by atoms with Crippen molar-refractivity contribution >= 4 is 6.09 Å². The van der Waals surface area contributed by atoms with Gasteiger partial charge in [-0.2, -0.15) is 0 Å². The maximum atomic E-state index is 10.2. The molecule has 0 aromatic carbocycles. The molecule has 0 aliphatic heterocycles. The topological polar surface area (TPSA) is 81.0 Å². The smallest absolute Gasteiger partial charge is 0.407 e. The summed E-state index contributed by atoms with van der Waals surface area (Å²) in [5, 5.41) is 25.5. The van der Waals surface area contributed by atoms with Crippen molar-refractivity contribution < 1.29 is 20.1 Å². The molecular weight excluding hydrogens is 150 g/mol. The standard InChI is InChI=1S/C6H13NO4/c1-7(6(10)11)3-2-5(9)4-8/h5,8-9H,2-4H2,1H3,(H,10,11). The second-order valence-corrected chi connectivity index (χ2v) is 2.33. The molecule has 5 heteroatoms. The molecule has 5 nitrogen and oxygen atoms in total. The Bertz CT molecular complexity index is 128. The van der Waals surface area contributed by atoms with E-state index >= 15 is 0 Å². The number of aliphatic hydroxyl groups excluding tert-OH is 2. The molecule has 0 radical (unpaired) electrons. The zero-order chi connectivity index (χ0) is 8.85. The summed E-state index contributed by atoms with van der Waals surface area (Å²) >= 11 is 0. The number of nitrogens with zero attached hydrogens (tertiary/aromatic N) is 1. The quantitative estimate of drug-likeness (QED) is 0.514. The maximum absolute atomic E-state index is 10.2. The molecule has 0 aromatic heterocycles. The van der Waals surface area contributed by atoms with E-state index in [4.69, 9.17) is 15.3 Å². The van der Waals surface area contributed by atoms with Gasteiger partial charge >= 0.3 is 6.09 Å². The summed E-state index contributed by atoms with van der Waals surface area (Å²) in [7, 11) is 1.41. The van der Waals surface area contributed by atoms with Gasteiger partial charge in [-0.05, 0) is 6.42 Å². The molecule has 0 aliphatic rings. The van der Waals surface area contributed by atoms with E-state index in [0.717, 1.165) is 4.90 Å². The Kier molecular flexibility index (Phi) is 4.56. The van der Waals surface area contributed by atoms with Crippen LogP contribution in [0.15, 0.2) is 0 Å². The van der Waals surface area contributed by atoms with Crippen molar-refractivity contribution in [2.24, 2.45) is 0 Å². The predicted molar refractivity (Wildman–Crippen MR) is 38.4 cm³/mol. The second kappa shape index (κ2) is 4.92. The first kappa shape index (κ1) is 10.2. The number of hydrogen-bond acceptors (Lipinski definition) is 3. The Morgan fingerprint density at radius 3 is 2.55 bits per heavy atom. The van der Waals surface area contributed by atoms with E-state index in [1.54, 1.807) is 0 Å². The normalized spacial score (nSPS) is 12.6. The monoisotopic (exact) mass is 163 g/mol. The van der Waals surface area contributed by atoms with E-state index in [1.165, 1.54) is 7.05 Å². The van der Waals surface area contributed by atoms with E-state index in [9.17, 15) is 4.79 Å². The average molecular weight is 163 g/mol. The number of amides is 1. The van der Waals surface area contributed by atoms with E-state index in [2.05, 4.69) is 0 Å². The minimum Gasteiger partial charge on any atom is -0.465 e. The van der Waals surface area contributed by atoms with Crippen molar-refractivity contribution in [3.8, 4) is 0 Å². The Morgan fingerprint density at radius 1 is 1.64 bits per heavy atom. The van der Waals surface area contributed by atoms with Crippen LogP contribution in [0.1, 0.15) is 6.42 Å². The van der Waals surface area contributed by atoms with Crippen molar-refractivity contribution in [1.82, 2.24) is 4.90 Å². The Morgan fingerprint density at radius 2 is 2.18 bits per heavy atom. The molecule has 3 N–H and O–H groups in total. The molecule has 0 rings (SSSR count). The zero-order valence-corrected chi connectivity index (χ0v) is 6.40. The maximum Gasteiger partial charge on any atom is 0.407 e. The van der Waals surface area contributed by atoms with Crippen LogP contribution in [0.3, 0.4) is 0 Å². The lowest BCUT2D eigenvalue weighted by molar-refractivity contribution is 0.0787. The molecule has 0 fully saturated rings. The number of hydrogen-bond donors (Lipinski definition) is 3. The van der Waals surface area contributed by atoms with Crippen molar-refractivity contribution in [3.05, 3.63) is 0 Å². The number of aliphatic hydroxyl groups is 2. The van der Waals surface area contributed by atoms with Gasteiger partial charge in [0, 0.05) is 13.6 Å². The van der Waals surface area contributed by atoms with E-state index in [0.29, 0.717) is 0 Å². The first-order valence-corrected chi connectivity index (χ1v) is 3.31. The lowest BCUT2D eigenvalue weighted by Crippen LogP contribution is -2.29. The van der Waals surface area contributed by atoms with Gasteiger partial charge < -0.3 is 20.2 Å². The third-order valence-electron chi connectivity index (χ3n) is 1.34. The largest absolute Gasteiger partial charge is 0.465 e. The van der Waals surface area contributed by atoms with Gasteiger partial charge in [0.25, 0.3) is 0 Å². The summed E-state index contributed by atoms with van der Waals surface area (Å²) in [5.74, 6) is 0. The van der Waals surface area contributed by atoms with Gasteiger partial charge in [0.15, 0.2) is 0 Å². The molecular formula is C6H13NO4. The van der Waals surface area contributed by atoms with Gasteiger partial charge in [-0.1, -0.05) is 0 Å². The molecule has 0 saturated heterocycles. The van der Waals surface area contributed by atoms with Crippen LogP contribution in [0.2, 0.25) is 0 Å². The van der Waals surface area contributed by atoms with Crippen LogP contribution in [-0.2, 0) is 0 Å². The van der Waals surface area contributed by atoms with Crippen LogP contribution >= 0.6 is 0 Å². The molecule has 0 spiro atoms. The lowest BCUT2D eigenvalue weighted by Gasteiger charge is -2.14. The highest BCUT2D eigenvalue weighted by Crippen LogP contribution is 1.93. The van der Waals surface area contributed by atoms with E-state index < -0.39 is 12.2 Å². The minimum absolute atomic E-state index is 0.233. The van der Waals surface area contributed by atoms with Crippen molar-refractivity contribution in [1.29, 1.82) is 0 Å². The predicted octanol–water partition coefficient (Wildman–Crippen LogP) is -0.660. The Hall–Kier alpha value is -0.810. The average Bonchev–Trinajstić information content (AvgIpc) is 1.99. The van der Waals surface area contributed by atoms with Crippen LogP contribution in [0.4, 0.5) is 4.79 Å². The fourth-order valence-electron chi connectivity index (χ4n) is 0.530. The molecule has 0 heterocycles. The van der Waals surface area contributed by atoms with Crippen LogP contribution in [0.25, 0.3) is 0 Å². The van der Waals surface area contributed by atoms with Gasteiger partial charge in [-0.3, -0.25) is 0 Å². The van der Waals surface area contributed by atoms with Gasteiger partial charge in [-0.15, -0.1) is 0 Å². The van der Waals surface area contributed by atoms with Crippen LogP contribution in [0.5, 0.6) is 0 Å². The minimum atomic E-state index is -1.03. The molecule has 0 aromatic rings. The fraction of sp³-hybridized carbons (Fsp3) is 0.833. The molecule has 1 atom stereocenters. The van der Waals surface area contributed by atoms with Crippen molar-refractivity contribution in [2.75, 3.05) is 20.2 Å². The van der Waals surface area contributed by atoms with Gasteiger partial charge in [-0.25, -0.2) is 4.79 Å². The lowest BCUT2D eigenvalue weighted by atomic mass is 10.2. The number of carbonyl (C=O) groups is 1. The summed E-state index contributed by atoms with van der Waals surface area (Å²) in [5.41, 5.74) is 0. The highest BCUT2D eigenvalue weighted by molar-refractivity contribution is 5.64. The highest BCUT2D eigenvalue weighted by atomic mass is 16.4. The highest BCUT2D eigenvalue weighted by Gasteiger charge is 2.07. The molecule has 0 saturated carbocycles. The molecule has 1 unspecified atom stereocenters. The van der Waals surface area contributed by atoms with E-state index in [1.807, 2.05) is 0 Å². The number of carboxylic acid groups (broad SMARTS) is 1. The summed E-state index contributed by atoms with van der Waals surface area (Å²) in [4.78, 5) is 11.2. The third-order valence-corrected chi connectivity index (χ3v) is 1.34. The van der Waals surface area contributed by atoms with Crippen molar-refractivity contribution in [2.45, 2.75) is 12.5 Å². The van der Waals surface area contributed by atoms with Gasteiger partial charge in [0.05, 0.1) is 12.7 Å². The van der Waals surface area contributed by atoms with E-state index in [-0.39, 0.29) is 19.6 Å². The molecule has 1 amide bonds. The van der Waals surface area contributed by atoms with Crippen LogP contribution < -0.4 is 0 Å². The SMILES string of the molecule is CN(CCC(O)CO)C(=O)O. The Labute approximate surface area is 64.9 Å². The molecule has 11 heavy (non-hydrogen) atoms. The summed E-state index contributed by atoms with van der Waals surface area (Å²) < 4.78 is 0. The van der Waals surface area contributed by atoms with Crippen LogP contribution in [0, 0.1) is 0 Å². The fourth-order valence-corrected chi connectivity index (χ4v) is 0.530. The van der Waals surface area contributed by atoms with Crippen LogP contribution in [-0.4, -0.2) is 52.6 Å². The summed E-state index contributed by atoms with van der Waals surface area (Å²) in [6.07, 6.45) is -1.59. The van der Waals surface area contributed by atoms with Crippen molar-refractivity contribution in [3.63, 3.8) is 0 Å². The Balaban J connectivity index is 3.45. The number of rotatable bonds is 4. The summed E-state index contributed by atoms with van der Waals surface area (Å²) in [6.45, 7) is -0.0927. The molecule has 66 valence electrons. The van der Waals surface area contributed by atoms with Gasteiger partial charge in [0.2, 0.25) is 0 Å². The second-order valence-electron chi connectivity index (χ2n) is 2.33. The van der Waals surface area contributed by atoms with Gasteiger partial charge in [0.1, 0.15) is 0 Å². The molecule has 0 aliphatic carbocycles. The first-order chi connectivity index (χ1) is 5.07. The molecule has 0 bridgehead atoms.